The van der Waals surface area contributed by atoms with Gasteiger partial charge in [-0.2, -0.15) is 0 Å². The van der Waals surface area contributed by atoms with Gasteiger partial charge in [0.25, 0.3) is 0 Å². The molecule has 62 valence electrons. The molecule has 2 rings (SSSR count). The van der Waals surface area contributed by atoms with Crippen LogP contribution in [0, 0.1) is 12.0 Å². The third-order valence-electron chi connectivity index (χ3n) is 2.81. The molecule has 2 aliphatic carbocycles. The van der Waals surface area contributed by atoms with E-state index in [-0.39, 0.29) is 0 Å². The van der Waals surface area contributed by atoms with Crippen molar-refractivity contribution in [1.29, 1.82) is 0 Å². The normalized spacial score (nSPS) is 23.5. The van der Waals surface area contributed by atoms with E-state index in [0.717, 1.165) is 5.92 Å². The van der Waals surface area contributed by atoms with E-state index in [1.54, 1.807) is 0 Å². The van der Waals surface area contributed by atoms with Crippen molar-refractivity contribution in [3.05, 3.63) is 36.0 Å². The smallest absolute Gasteiger partial charge is 0.0532 e. The van der Waals surface area contributed by atoms with Crippen LogP contribution in [0.15, 0.2) is 29.9 Å². The lowest BCUT2D eigenvalue weighted by Crippen LogP contribution is -2.08. The van der Waals surface area contributed by atoms with Gasteiger partial charge in [-0.1, -0.05) is 19.3 Å². The molecule has 0 spiro atoms. The molecule has 0 aromatic rings. The van der Waals surface area contributed by atoms with Crippen LogP contribution in [0.5, 0.6) is 0 Å². The number of allylic oxidation sites excluding steroid dienone is 6. The van der Waals surface area contributed by atoms with Crippen LogP contribution in [-0.4, -0.2) is 0 Å². The molecule has 0 heteroatoms. The second kappa shape index (κ2) is 3.69. The summed E-state index contributed by atoms with van der Waals surface area (Å²) in [6, 6.07) is 0. The molecular weight excluding hydrogens is 144 g/mol. The molecule has 12 heavy (non-hydrogen) atoms. The minimum absolute atomic E-state index is 0.830. The first kappa shape index (κ1) is 7.76. The lowest BCUT2D eigenvalue weighted by Gasteiger charge is -2.18. The molecule has 0 nitrogen and oxygen atoms in total. The van der Waals surface area contributed by atoms with Gasteiger partial charge in [0, 0.05) is 18.1 Å². The lowest BCUT2D eigenvalue weighted by molar-refractivity contribution is 0.408. The van der Waals surface area contributed by atoms with Crippen molar-refractivity contribution in [3.8, 4) is 0 Å². The van der Waals surface area contributed by atoms with Crippen molar-refractivity contribution < 1.29 is 0 Å². The second-order valence-corrected chi connectivity index (χ2v) is 3.67. The second-order valence-electron chi connectivity index (χ2n) is 3.67. The number of rotatable bonds is 1. The van der Waals surface area contributed by atoms with E-state index in [1.165, 1.54) is 37.7 Å². The molecule has 0 heterocycles. The summed E-state index contributed by atoms with van der Waals surface area (Å²) in [6.07, 6.45) is 18.7. The molecule has 0 aliphatic heterocycles. The van der Waals surface area contributed by atoms with Crippen LogP contribution in [0.3, 0.4) is 0 Å². The van der Waals surface area contributed by atoms with Gasteiger partial charge in [0.2, 0.25) is 0 Å². The van der Waals surface area contributed by atoms with E-state index in [1.807, 2.05) is 6.08 Å². The maximum Gasteiger partial charge on any atom is 0.106 e. The maximum atomic E-state index is 3.16. The third kappa shape index (κ3) is 1.65. The first-order valence-electron chi connectivity index (χ1n) is 4.93. The van der Waals surface area contributed by atoms with Gasteiger partial charge >= 0.3 is 0 Å². The molecule has 1 saturated carbocycles. The summed E-state index contributed by atoms with van der Waals surface area (Å²) in [5, 5.41) is 0. The Kier molecular flexibility index (Phi) is 2.39. The Hall–Kier alpha value is -0.870. The van der Waals surface area contributed by atoms with Crippen molar-refractivity contribution in [1.82, 2.24) is 0 Å². The molecule has 0 bridgehead atoms. The standard InChI is InChI=1S/C12H15/c1-3-7-11(8-4-1)12-9-5-2-6-10-12/h1,3,7-8,12H,2,5-6,9-10H2/q+1. The highest BCUT2D eigenvalue weighted by Gasteiger charge is 2.20. The number of hydrogen-bond donors (Lipinski definition) is 0. The predicted octanol–water partition coefficient (Wildman–Crippen LogP) is 3.42. The van der Waals surface area contributed by atoms with E-state index in [2.05, 4.69) is 24.3 Å². The molecular formula is C12H15+. The van der Waals surface area contributed by atoms with E-state index in [4.69, 9.17) is 0 Å². The maximum absolute atomic E-state index is 3.16. The molecule has 0 radical (unpaired) electrons. The van der Waals surface area contributed by atoms with Gasteiger partial charge in [-0.25, -0.2) is 0 Å². The Morgan fingerprint density at radius 2 is 2.00 bits per heavy atom. The minimum Gasteiger partial charge on any atom is -0.0532 e. The Labute approximate surface area is 74.7 Å². The molecule has 1 fully saturated rings. The Bertz CT molecular complexity index is 224. The van der Waals surface area contributed by atoms with Gasteiger partial charge in [-0.15, -0.1) is 0 Å². The van der Waals surface area contributed by atoms with Crippen LogP contribution >= 0.6 is 0 Å². The molecule has 0 atom stereocenters. The third-order valence-corrected chi connectivity index (χ3v) is 2.81. The van der Waals surface area contributed by atoms with Crippen LogP contribution in [0.25, 0.3) is 0 Å². The zero-order chi connectivity index (χ0) is 8.23. The van der Waals surface area contributed by atoms with Crippen molar-refractivity contribution in [2.75, 3.05) is 0 Å². The van der Waals surface area contributed by atoms with Crippen molar-refractivity contribution in [2.45, 2.75) is 32.1 Å². The summed E-state index contributed by atoms with van der Waals surface area (Å²) in [5.41, 5.74) is 1.50. The van der Waals surface area contributed by atoms with Crippen LogP contribution in [0.4, 0.5) is 0 Å². The average Bonchev–Trinajstić information content (AvgIpc) is 2.21. The quantitative estimate of drug-likeness (QED) is 0.514. The van der Waals surface area contributed by atoms with Gasteiger partial charge < -0.3 is 0 Å². The molecule has 0 aromatic carbocycles. The molecule has 0 saturated heterocycles. The first-order valence-corrected chi connectivity index (χ1v) is 4.93. The monoisotopic (exact) mass is 159 g/mol. The molecule has 0 aromatic heterocycles. The summed E-state index contributed by atoms with van der Waals surface area (Å²) >= 11 is 0. The Morgan fingerprint density at radius 3 is 2.67 bits per heavy atom. The Balaban J connectivity index is 2.03. The highest BCUT2D eigenvalue weighted by molar-refractivity contribution is 5.31. The van der Waals surface area contributed by atoms with E-state index < -0.39 is 0 Å². The van der Waals surface area contributed by atoms with Crippen molar-refractivity contribution in [3.63, 3.8) is 0 Å². The van der Waals surface area contributed by atoms with Crippen LogP contribution in [-0.2, 0) is 0 Å². The van der Waals surface area contributed by atoms with E-state index >= 15 is 0 Å². The van der Waals surface area contributed by atoms with Gasteiger partial charge in [-0.3, -0.25) is 0 Å². The largest absolute Gasteiger partial charge is 0.106 e. The summed E-state index contributed by atoms with van der Waals surface area (Å²) in [6.45, 7) is 0. The zero-order valence-corrected chi connectivity index (χ0v) is 7.42. The molecule has 2 aliphatic rings. The van der Waals surface area contributed by atoms with Gasteiger partial charge in [-0.05, 0) is 12.8 Å². The van der Waals surface area contributed by atoms with Crippen LogP contribution in [0.2, 0.25) is 0 Å². The van der Waals surface area contributed by atoms with Gasteiger partial charge in [0.1, 0.15) is 12.2 Å². The molecule has 0 N–H and O–H groups in total. The van der Waals surface area contributed by atoms with Crippen molar-refractivity contribution >= 4 is 0 Å². The molecule has 0 amide bonds. The summed E-state index contributed by atoms with van der Waals surface area (Å²) in [5.74, 6) is 0.830. The topological polar surface area (TPSA) is 0 Å². The fraction of sp³-hybridized carbons (Fsp3) is 0.500. The average molecular weight is 159 g/mol. The van der Waals surface area contributed by atoms with Crippen LogP contribution < -0.4 is 0 Å². The summed E-state index contributed by atoms with van der Waals surface area (Å²) in [7, 11) is 0. The van der Waals surface area contributed by atoms with E-state index in [0.29, 0.717) is 0 Å². The fourth-order valence-corrected chi connectivity index (χ4v) is 2.10. The lowest BCUT2D eigenvalue weighted by atomic mass is 9.83. The summed E-state index contributed by atoms with van der Waals surface area (Å²) < 4.78 is 0. The molecule has 0 unspecified atom stereocenters. The fourth-order valence-electron chi connectivity index (χ4n) is 2.10. The summed E-state index contributed by atoms with van der Waals surface area (Å²) in [4.78, 5) is 0. The highest BCUT2D eigenvalue weighted by Crippen LogP contribution is 2.30. The van der Waals surface area contributed by atoms with Crippen LogP contribution in [0.1, 0.15) is 32.1 Å². The Morgan fingerprint density at radius 1 is 1.17 bits per heavy atom. The van der Waals surface area contributed by atoms with Crippen molar-refractivity contribution in [2.24, 2.45) is 5.92 Å². The van der Waals surface area contributed by atoms with Gasteiger partial charge in [0.15, 0.2) is 0 Å². The number of hydrogen-bond acceptors (Lipinski definition) is 0. The zero-order valence-electron chi connectivity index (χ0n) is 7.42. The highest BCUT2D eigenvalue weighted by atomic mass is 14.2. The van der Waals surface area contributed by atoms with E-state index in [9.17, 15) is 0 Å². The SMILES string of the molecule is [C+]1=CC(C2CCCCC2)=CC=C1. The first-order chi connectivity index (χ1) is 5.97. The van der Waals surface area contributed by atoms with Gasteiger partial charge in [0.05, 0.1) is 11.6 Å². The predicted molar refractivity (Wildman–Crippen MR) is 51.6 cm³/mol. The minimum atomic E-state index is 0.830.